The van der Waals surface area contributed by atoms with E-state index in [0.717, 1.165) is 25.4 Å². The molecule has 0 unspecified atom stereocenters. The summed E-state index contributed by atoms with van der Waals surface area (Å²) in [4.78, 5) is 0. The fourth-order valence-electron chi connectivity index (χ4n) is 1.47. The van der Waals surface area contributed by atoms with Crippen molar-refractivity contribution in [2.24, 2.45) is 5.92 Å². The molecule has 0 aromatic rings. The van der Waals surface area contributed by atoms with E-state index in [1.807, 2.05) is 0 Å². The van der Waals surface area contributed by atoms with Crippen LogP contribution in [0.5, 0.6) is 0 Å². The first-order valence-corrected chi connectivity index (χ1v) is 7.12. The van der Waals surface area contributed by atoms with Gasteiger partial charge in [-0.15, -0.1) is 0 Å². The molecule has 0 aromatic carbocycles. The maximum atomic E-state index is 10.7. The monoisotopic (exact) mass is 220 g/mol. The SMILES string of the molecule is CS(=O)(=O)NCCCNCC1CCC1. The van der Waals surface area contributed by atoms with Gasteiger partial charge in [0, 0.05) is 6.54 Å². The van der Waals surface area contributed by atoms with E-state index in [1.54, 1.807) is 0 Å². The van der Waals surface area contributed by atoms with E-state index in [2.05, 4.69) is 10.0 Å². The largest absolute Gasteiger partial charge is 0.316 e. The van der Waals surface area contributed by atoms with E-state index in [0.29, 0.717) is 6.54 Å². The Morgan fingerprint density at radius 2 is 2.00 bits per heavy atom. The van der Waals surface area contributed by atoms with Crippen molar-refractivity contribution in [2.45, 2.75) is 25.7 Å². The van der Waals surface area contributed by atoms with Crippen LogP contribution >= 0.6 is 0 Å². The first-order chi connectivity index (χ1) is 6.58. The molecule has 0 atom stereocenters. The summed E-state index contributed by atoms with van der Waals surface area (Å²) in [5.41, 5.74) is 0. The molecule has 0 spiro atoms. The Morgan fingerprint density at radius 3 is 2.50 bits per heavy atom. The van der Waals surface area contributed by atoms with Crippen LogP contribution in [0.15, 0.2) is 0 Å². The first kappa shape index (κ1) is 11.9. The van der Waals surface area contributed by atoms with Crippen molar-refractivity contribution >= 4 is 10.0 Å². The zero-order chi connectivity index (χ0) is 10.4. The van der Waals surface area contributed by atoms with Crippen LogP contribution in [-0.4, -0.2) is 34.3 Å². The van der Waals surface area contributed by atoms with E-state index in [4.69, 9.17) is 0 Å². The van der Waals surface area contributed by atoms with Gasteiger partial charge in [-0.2, -0.15) is 0 Å². The average Bonchev–Trinajstić information content (AvgIpc) is 1.97. The van der Waals surface area contributed by atoms with Crippen molar-refractivity contribution in [3.8, 4) is 0 Å². The summed E-state index contributed by atoms with van der Waals surface area (Å²) < 4.78 is 23.9. The summed E-state index contributed by atoms with van der Waals surface area (Å²) in [7, 11) is -3.00. The summed E-state index contributed by atoms with van der Waals surface area (Å²) >= 11 is 0. The average molecular weight is 220 g/mol. The van der Waals surface area contributed by atoms with Crippen LogP contribution in [0.1, 0.15) is 25.7 Å². The normalized spacial score (nSPS) is 18.1. The summed E-state index contributed by atoms with van der Waals surface area (Å²) in [6.45, 7) is 2.54. The molecule has 0 amide bonds. The van der Waals surface area contributed by atoms with E-state index in [-0.39, 0.29) is 0 Å². The van der Waals surface area contributed by atoms with Gasteiger partial charge in [0.1, 0.15) is 0 Å². The summed E-state index contributed by atoms with van der Waals surface area (Å²) in [5.74, 6) is 0.873. The second-order valence-electron chi connectivity index (χ2n) is 4.02. The predicted molar refractivity (Wildman–Crippen MR) is 57.7 cm³/mol. The van der Waals surface area contributed by atoms with E-state index < -0.39 is 10.0 Å². The molecule has 1 rings (SSSR count). The summed E-state index contributed by atoms with van der Waals surface area (Å²) in [6.07, 6.45) is 6.14. The zero-order valence-corrected chi connectivity index (χ0v) is 9.57. The Balaban J connectivity index is 1.84. The minimum atomic E-state index is -3.00. The van der Waals surface area contributed by atoms with E-state index >= 15 is 0 Å². The third-order valence-corrected chi connectivity index (χ3v) is 3.28. The molecule has 1 aliphatic rings. The lowest BCUT2D eigenvalue weighted by molar-refractivity contribution is 0.302. The first-order valence-electron chi connectivity index (χ1n) is 5.23. The van der Waals surface area contributed by atoms with Crippen molar-refractivity contribution in [2.75, 3.05) is 25.9 Å². The third kappa shape index (κ3) is 5.57. The maximum absolute atomic E-state index is 10.7. The molecule has 14 heavy (non-hydrogen) atoms. The number of nitrogens with one attached hydrogen (secondary N) is 2. The summed E-state index contributed by atoms with van der Waals surface area (Å²) in [6, 6.07) is 0. The minimum absolute atomic E-state index is 0.538. The van der Waals surface area contributed by atoms with Crippen molar-refractivity contribution < 1.29 is 8.42 Å². The van der Waals surface area contributed by atoms with Gasteiger partial charge < -0.3 is 5.32 Å². The maximum Gasteiger partial charge on any atom is 0.208 e. The number of hydrogen-bond donors (Lipinski definition) is 2. The van der Waals surface area contributed by atoms with E-state index in [9.17, 15) is 8.42 Å². The molecule has 5 heteroatoms. The molecule has 1 aliphatic carbocycles. The minimum Gasteiger partial charge on any atom is -0.316 e. The van der Waals surface area contributed by atoms with E-state index in [1.165, 1.54) is 25.5 Å². The molecular weight excluding hydrogens is 200 g/mol. The fraction of sp³-hybridized carbons (Fsp3) is 1.00. The van der Waals surface area contributed by atoms with Crippen molar-refractivity contribution in [3.05, 3.63) is 0 Å². The molecule has 0 radical (unpaired) electrons. The van der Waals surface area contributed by atoms with Gasteiger partial charge in [-0.3, -0.25) is 0 Å². The third-order valence-electron chi connectivity index (χ3n) is 2.55. The van der Waals surface area contributed by atoms with Gasteiger partial charge in [0.2, 0.25) is 10.0 Å². The quantitative estimate of drug-likeness (QED) is 0.607. The number of sulfonamides is 1. The highest BCUT2D eigenvalue weighted by atomic mass is 32.2. The Morgan fingerprint density at radius 1 is 1.29 bits per heavy atom. The van der Waals surface area contributed by atoms with Gasteiger partial charge >= 0.3 is 0 Å². The fourth-order valence-corrected chi connectivity index (χ4v) is 1.99. The van der Waals surface area contributed by atoms with Gasteiger partial charge in [0.25, 0.3) is 0 Å². The van der Waals surface area contributed by atoms with Gasteiger partial charge in [-0.25, -0.2) is 13.1 Å². The standard InChI is InChI=1S/C9H20N2O2S/c1-14(12,13)11-7-3-6-10-8-9-4-2-5-9/h9-11H,2-8H2,1H3. The van der Waals surface area contributed by atoms with Crippen LogP contribution < -0.4 is 10.0 Å². The summed E-state index contributed by atoms with van der Waals surface area (Å²) in [5, 5.41) is 3.34. The van der Waals surface area contributed by atoms with Crippen LogP contribution in [-0.2, 0) is 10.0 Å². The molecule has 2 N–H and O–H groups in total. The lowest BCUT2D eigenvalue weighted by Crippen LogP contribution is -2.30. The van der Waals surface area contributed by atoms with Crippen molar-refractivity contribution in [1.29, 1.82) is 0 Å². The predicted octanol–water partition coefficient (Wildman–Crippen LogP) is 0.315. The Bertz CT molecular complexity index is 248. The molecule has 1 saturated carbocycles. The molecule has 84 valence electrons. The highest BCUT2D eigenvalue weighted by molar-refractivity contribution is 7.88. The highest BCUT2D eigenvalue weighted by Crippen LogP contribution is 2.24. The Kier molecular flexibility index (Phi) is 4.84. The molecular formula is C9H20N2O2S. The second kappa shape index (κ2) is 5.68. The molecule has 0 bridgehead atoms. The van der Waals surface area contributed by atoms with Crippen molar-refractivity contribution in [1.82, 2.24) is 10.0 Å². The van der Waals surface area contributed by atoms with Crippen LogP contribution in [0.2, 0.25) is 0 Å². The topological polar surface area (TPSA) is 58.2 Å². The smallest absolute Gasteiger partial charge is 0.208 e. The molecule has 0 saturated heterocycles. The molecule has 4 nitrogen and oxygen atoms in total. The second-order valence-corrected chi connectivity index (χ2v) is 5.85. The Labute approximate surface area is 86.5 Å². The van der Waals surface area contributed by atoms with Crippen LogP contribution in [0.4, 0.5) is 0 Å². The van der Waals surface area contributed by atoms with Crippen LogP contribution in [0.25, 0.3) is 0 Å². The van der Waals surface area contributed by atoms with Gasteiger partial charge in [-0.1, -0.05) is 6.42 Å². The highest BCUT2D eigenvalue weighted by Gasteiger charge is 2.15. The van der Waals surface area contributed by atoms with Gasteiger partial charge in [-0.05, 0) is 38.3 Å². The van der Waals surface area contributed by atoms with Crippen LogP contribution in [0, 0.1) is 5.92 Å². The van der Waals surface area contributed by atoms with Gasteiger partial charge in [0.15, 0.2) is 0 Å². The molecule has 0 aromatic heterocycles. The zero-order valence-electron chi connectivity index (χ0n) is 8.75. The van der Waals surface area contributed by atoms with Crippen molar-refractivity contribution in [3.63, 3.8) is 0 Å². The lowest BCUT2D eigenvalue weighted by Gasteiger charge is -2.25. The molecule has 0 heterocycles. The number of rotatable bonds is 7. The van der Waals surface area contributed by atoms with Crippen LogP contribution in [0.3, 0.4) is 0 Å². The molecule has 0 aliphatic heterocycles. The Hall–Kier alpha value is -0.130. The van der Waals surface area contributed by atoms with Gasteiger partial charge in [0.05, 0.1) is 6.26 Å². The molecule has 1 fully saturated rings. The lowest BCUT2D eigenvalue weighted by atomic mass is 9.85. The number of hydrogen-bond acceptors (Lipinski definition) is 3.